The van der Waals surface area contributed by atoms with E-state index in [2.05, 4.69) is 17.4 Å². The molecule has 0 aromatic heterocycles. The van der Waals surface area contributed by atoms with Crippen LogP contribution in [-0.4, -0.2) is 59.7 Å². The van der Waals surface area contributed by atoms with Crippen LogP contribution in [0.2, 0.25) is 0 Å². The molecule has 2 aliphatic heterocycles. The highest BCUT2D eigenvalue weighted by atomic mass is 16.6. The quantitative estimate of drug-likeness (QED) is 0.535. The van der Waals surface area contributed by atoms with E-state index < -0.39 is 11.6 Å². The van der Waals surface area contributed by atoms with Gasteiger partial charge in [-0.1, -0.05) is 65.0 Å². The van der Waals surface area contributed by atoms with Gasteiger partial charge in [0.25, 0.3) is 0 Å². The third-order valence-corrected chi connectivity index (χ3v) is 7.30. The molecule has 0 saturated carbocycles. The van der Waals surface area contributed by atoms with Crippen LogP contribution < -0.4 is 5.32 Å². The molecule has 1 aromatic carbocycles. The Kier molecular flexibility index (Phi) is 8.97. The van der Waals surface area contributed by atoms with Gasteiger partial charge in [0.1, 0.15) is 24.3 Å². The Morgan fingerprint density at radius 1 is 1.18 bits per heavy atom. The van der Waals surface area contributed by atoms with E-state index in [-0.39, 0.29) is 30.0 Å². The van der Waals surface area contributed by atoms with Crippen molar-refractivity contribution < 1.29 is 19.1 Å². The van der Waals surface area contributed by atoms with Gasteiger partial charge in [-0.2, -0.15) is 0 Å². The molecule has 1 N–H and O–H groups in total. The van der Waals surface area contributed by atoms with E-state index in [1.807, 2.05) is 52.8 Å². The van der Waals surface area contributed by atoms with Gasteiger partial charge in [-0.05, 0) is 50.0 Å². The summed E-state index contributed by atoms with van der Waals surface area (Å²) in [5, 5.41) is 3.13. The van der Waals surface area contributed by atoms with E-state index in [0.717, 1.165) is 32.1 Å². The zero-order valence-electron chi connectivity index (χ0n) is 21.4. The molecule has 34 heavy (non-hydrogen) atoms. The maximum Gasteiger partial charge on any atom is 0.411 e. The molecule has 0 bridgehead atoms. The molecule has 0 spiro atoms. The first-order chi connectivity index (χ1) is 16.3. The number of ether oxygens (including phenoxy) is 2. The largest absolute Gasteiger partial charge is 0.477 e. The lowest BCUT2D eigenvalue weighted by molar-refractivity contribution is -0.126. The third-order valence-electron chi connectivity index (χ3n) is 7.30. The molecule has 2 aliphatic rings. The minimum atomic E-state index is -0.529. The standard InChI is InChI=1S/C27H41N3O4/c1-6-27(7-2,8-3)34-26(32)30-16-12-15-22(30)24(31)29-23(19(4)5)25-28-21(18-33-25)17-20-13-10-9-11-14-20/h9-11,13-14,19,21-23H,6-8,12,15-18H2,1-5H3,(H,29,31)/t21-,22+,23+/m1/s1. The molecular weight excluding hydrogens is 430 g/mol. The van der Waals surface area contributed by atoms with Gasteiger partial charge in [0, 0.05) is 6.54 Å². The van der Waals surface area contributed by atoms with Crippen molar-refractivity contribution in [3.63, 3.8) is 0 Å². The van der Waals surface area contributed by atoms with Crippen molar-refractivity contribution in [3.05, 3.63) is 35.9 Å². The minimum Gasteiger partial charge on any atom is -0.477 e. The van der Waals surface area contributed by atoms with Gasteiger partial charge in [-0.25, -0.2) is 9.79 Å². The zero-order valence-corrected chi connectivity index (χ0v) is 21.4. The van der Waals surface area contributed by atoms with Crippen molar-refractivity contribution in [1.29, 1.82) is 0 Å². The summed E-state index contributed by atoms with van der Waals surface area (Å²) in [4.78, 5) is 32.7. The molecule has 0 aliphatic carbocycles. The summed E-state index contributed by atoms with van der Waals surface area (Å²) in [5.41, 5.74) is 0.745. The van der Waals surface area contributed by atoms with Gasteiger partial charge >= 0.3 is 6.09 Å². The van der Waals surface area contributed by atoms with Crippen molar-refractivity contribution in [2.24, 2.45) is 10.9 Å². The van der Waals surface area contributed by atoms with E-state index in [1.54, 1.807) is 4.90 Å². The molecule has 1 aromatic rings. The fourth-order valence-corrected chi connectivity index (χ4v) is 4.83. The Hall–Kier alpha value is -2.57. The summed E-state index contributed by atoms with van der Waals surface area (Å²) in [6, 6.07) is 9.42. The van der Waals surface area contributed by atoms with Crippen LogP contribution in [0.15, 0.2) is 35.3 Å². The molecule has 1 fully saturated rings. The predicted octanol–water partition coefficient (Wildman–Crippen LogP) is 4.74. The molecule has 7 nitrogen and oxygen atoms in total. The molecule has 3 atom stereocenters. The lowest BCUT2D eigenvalue weighted by Gasteiger charge is -2.34. The minimum absolute atomic E-state index is 0.0405. The fourth-order valence-electron chi connectivity index (χ4n) is 4.83. The SMILES string of the molecule is CCC(CC)(CC)OC(=O)N1CCC[C@H]1C(=O)N[C@H](C1=N[C@H](Cc2ccccc2)CO1)C(C)C. The van der Waals surface area contributed by atoms with Crippen LogP contribution in [0.5, 0.6) is 0 Å². The Labute approximate surface area is 204 Å². The van der Waals surface area contributed by atoms with E-state index in [9.17, 15) is 9.59 Å². The van der Waals surface area contributed by atoms with Crippen molar-refractivity contribution >= 4 is 17.9 Å². The van der Waals surface area contributed by atoms with Crippen LogP contribution in [0.3, 0.4) is 0 Å². The average molecular weight is 472 g/mol. The number of carbonyl (C=O) groups is 2. The second-order valence-corrected chi connectivity index (χ2v) is 9.82. The molecule has 2 heterocycles. The summed E-state index contributed by atoms with van der Waals surface area (Å²) in [5.74, 6) is 0.521. The van der Waals surface area contributed by atoms with Gasteiger partial charge in [0.05, 0.1) is 6.04 Å². The molecule has 3 rings (SSSR count). The number of likely N-dealkylation sites (tertiary alicyclic amines) is 1. The summed E-state index contributed by atoms with van der Waals surface area (Å²) < 4.78 is 11.9. The zero-order chi connectivity index (χ0) is 24.7. The molecule has 7 heteroatoms. The van der Waals surface area contributed by atoms with Crippen LogP contribution >= 0.6 is 0 Å². The highest BCUT2D eigenvalue weighted by molar-refractivity contribution is 5.92. The summed E-state index contributed by atoms with van der Waals surface area (Å²) >= 11 is 0. The fraction of sp³-hybridized carbons (Fsp3) is 0.667. The number of benzene rings is 1. The van der Waals surface area contributed by atoms with Crippen LogP contribution in [0.4, 0.5) is 4.79 Å². The number of hydrogen-bond acceptors (Lipinski definition) is 5. The second-order valence-electron chi connectivity index (χ2n) is 9.82. The summed E-state index contributed by atoms with van der Waals surface area (Å²) in [6.07, 6.45) is 4.11. The van der Waals surface area contributed by atoms with Gasteiger partial charge in [-0.15, -0.1) is 0 Å². The molecule has 0 radical (unpaired) electrons. The summed E-state index contributed by atoms with van der Waals surface area (Å²) in [6.45, 7) is 11.2. The van der Waals surface area contributed by atoms with Crippen LogP contribution in [0.1, 0.15) is 72.3 Å². The van der Waals surface area contributed by atoms with Crippen molar-refractivity contribution in [2.45, 2.75) is 96.9 Å². The second kappa shape index (κ2) is 11.7. The van der Waals surface area contributed by atoms with Gasteiger partial charge in [0.2, 0.25) is 11.8 Å². The average Bonchev–Trinajstić information content (AvgIpc) is 3.51. The topological polar surface area (TPSA) is 80.2 Å². The molecular formula is C27H41N3O4. The van der Waals surface area contributed by atoms with Gasteiger partial charge < -0.3 is 14.8 Å². The van der Waals surface area contributed by atoms with E-state index in [1.165, 1.54) is 5.56 Å². The normalized spacial score (nSPS) is 21.2. The van der Waals surface area contributed by atoms with E-state index >= 15 is 0 Å². The van der Waals surface area contributed by atoms with Crippen LogP contribution in [-0.2, 0) is 20.7 Å². The first-order valence-corrected chi connectivity index (χ1v) is 12.9. The van der Waals surface area contributed by atoms with Gasteiger partial charge in [-0.3, -0.25) is 9.69 Å². The van der Waals surface area contributed by atoms with Crippen LogP contribution in [0, 0.1) is 5.92 Å². The van der Waals surface area contributed by atoms with Crippen molar-refractivity contribution in [1.82, 2.24) is 10.2 Å². The van der Waals surface area contributed by atoms with Crippen molar-refractivity contribution in [2.75, 3.05) is 13.2 Å². The van der Waals surface area contributed by atoms with E-state index in [0.29, 0.717) is 25.5 Å². The molecule has 1 saturated heterocycles. The molecule has 0 unspecified atom stereocenters. The number of carbonyl (C=O) groups excluding carboxylic acids is 2. The van der Waals surface area contributed by atoms with Crippen LogP contribution in [0.25, 0.3) is 0 Å². The smallest absolute Gasteiger partial charge is 0.411 e. The first kappa shape index (κ1) is 26.0. The van der Waals surface area contributed by atoms with Crippen molar-refractivity contribution in [3.8, 4) is 0 Å². The lowest BCUT2D eigenvalue weighted by Crippen LogP contribution is -2.53. The number of rotatable bonds is 10. The highest BCUT2D eigenvalue weighted by Crippen LogP contribution is 2.28. The Bertz CT molecular complexity index is 842. The number of nitrogens with zero attached hydrogens (tertiary/aromatic N) is 2. The maximum absolute atomic E-state index is 13.3. The molecule has 2 amide bonds. The van der Waals surface area contributed by atoms with Gasteiger partial charge in [0.15, 0.2) is 0 Å². The Morgan fingerprint density at radius 2 is 1.85 bits per heavy atom. The Balaban J connectivity index is 1.65. The lowest BCUT2D eigenvalue weighted by atomic mass is 9.94. The predicted molar refractivity (Wildman–Crippen MR) is 134 cm³/mol. The number of amides is 2. The summed E-state index contributed by atoms with van der Waals surface area (Å²) in [7, 11) is 0. The first-order valence-electron chi connectivity index (χ1n) is 12.9. The monoisotopic (exact) mass is 471 g/mol. The number of aliphatic imine (C=N–C) groups is 1. The highest BCUT2D eigenvalue weighted by Gasteiger charge is 2.40. The molecule has 188 valence electrons. The Morgan fingerprint density at radius 3 is 2.47 bits per heavy atom. The number of nitrogens with one attached hydrogen (secondary N) is 1. The maximum atomic E-state index is 13.3. The third kappa shape index (κ3) is 6.10. The number of hydrogen-bond donors (Lipinski definition) is 1. The van der Waals surface area contributed by atoms with E-state index in [4.69, 9.17) is 14.5 Å².